The zero-order valence-corrected chi connectivity index (χ0v) is 16.5. The van der Waals surface area contributed by atoms with Crippen LogP contribution in [0.5, 0.6) is 0 Å². The molecular weight excluding hydrogens is 361 g/mol. The van der Waals surface area contributed by atoms with E-state index >= 15 is 0 Å². The van der Waals surface area contributed by atoms with E-state index in [2.05, 4.69) is 16.0 Å². The van der Waals surface area contributed by atoms with E-state index in [9.17, 15) is 9.59 Å². The Bertz CT molecular complexity index is 609. The number of hydrogen-bond donors (Lipinski definition) is 3. The van der Waals surface area contributed by atoms with Gasteiger partial charge >= 0.3 is 0 Å². The molecule has 1 aromatic carbocycles. The maximum absolute atomic E-state index is 12.4. The topological polar surface area (TPSA) is 70.2 Å². The van der Waals surface area contributed by atoms with Crippen LogP contribution in [0.25, 0.3) is 0 Å². The van der Waals surface area contributed by atoms with Gasteiger partial charge in [-0.1, -0.05) is 32.4 Å². The molecule has 0 aromatic heterocycles. The van der Waals surface area contributed by atoms with Crippen molar-refractivity contribution >= 4 is 41.5 Å². The van der Waals surface area contributed by atoms with E-state index in [1.165, 1.54) is 0 Å². The Balaban J connectivity index is 0.00000312. The highest BCUT2D eigenvalue weighted by atomic mass is 35.5. The number of carbonyl (C=O) groups is 2. The Morgan fingerprint density at radius 3 is 2.64 bits per heavy atom. The summed E-state index contributed by atoms with van der Waals surface area (Å²) in [7, 11) is 0. The fourth-order valence-electron chi connectivity index (χ4n) is 2.71. The standard InChI is InChI=1S/C18H26ClN3O2.ClH/c1-18(2,3)10-16(23)22-12-6-7-15(19)14(9-12)17(24)21-11-13-5-4-8-20-13;/h6-7,9,13,20H,4-5,8,10-11H2,1-3H3,(H,21,24)(H,22,23);1H. The summed E-state index contributed by atoms with van der Waals surface area (Å²) in [6.45, 7) is 7.59. The highest BCUT2D eigenvalue weighted by molar-refractivity contribution is 6.34. The van der Waals surface area contributed by atoms with Crippen LogP contribution in [0.3, 0.4) is 0 Å². The Hall–Kier alpha value is -1.30. The van der Waals surface area contributed by atoms with E-state index in [-0.39, 0.29) is 29.6 Å². The molecule has 5 nitrogen and oxygen atoms in total. The zero-order chi connectivity index (χ0) is 17.7. The van der Waals surface area contributed by atoms with E-state index in [0.29, 0.717) is 35.3 Å². The summed E-state index contributed by atoms with van der Waals surface area (Å²) >= 11 is 6.14. The second kappa shape index (κ2) is 9.41. The summed E-state index contributed by atoms with van der Waals surface area (Å²) < 4.78 is 0. The van der Waals surface area contributed by atoms with Crippen LogP contribution in [-0.2, 0) is 4.79 Å². The molecule has 2 rings (SSSR count). The number of halogens is 2. The number of anilines is 1. The van der Waals surface area contributed by atoms with Crippen LogP contribution in [-0.4, -0.2) is 30.9 Å². The van der Waals surface area contributed by atoms with Gasteiger partial charge in [0.1, 0.15) is 0 Å². The third kappa shape index (κ3) is 7.22. The van der Waals surface area contributed by atoms with Crippen LogP contribution < -0.4 is 16.0 Å². The normalized spacial score (nSPS) is 16.9. The maximum Gasteiger partial charge on any atom is 0.252 e. The summed E-state index contributed by atoms with van der Waals surface area (Å²) in [4.78, 5) is 24.4. The predicted molar refractivity (Wildman–Crippen MR) is 105 cm³/mol. The van der Waals surface area contributed by atoms with Gasteiger partial charge in [-0.15, -0.1) is 12.4 Å². The number of carbonyl (C=O) groups excluding carboxylic acids is 2. The Labute approximate surface area is 160 Å². The van der Waals surface area contributed by atoms with Crippen molar-refractivity contribution in [1.29, 1.82) is 0 Å². The quantitative estimate of drug-likeness (QED) is 0.722. The number of benzene rings is 1. The molecule has 140 valence electrons. The van der Waals surface area contributed by atoms with Crippen molar-refractivity contribution in [1.82, 2.24) is 10.6 Å². The van der Waals surface area contributed by atoms with Crippen LogP contribution in [0.2, 0.25) is 5.02 Å². The van der Waals surface area contributed by atoms with Crippen molar-refractivity contribution in [2.75, 3.05) is 18.4 Å². The fraction of sp³-hybridized carbons (Fsp3) is 0.556. The van der Waals surface area contributed by atoms with E-state index in [1.807, 2.05) is 20.8 Å². The molecule has 1 aliphatic rings. The molecule has 1 atom stereocenters. The molecule has 0 saturated carbocycles. The Morgan fingerprint density at radius 2 is 2.04 bits per heavy atom. The first-order valence-corrected chi connectivity index (χ1v) is 8.73. The van der Waals surface area contributed by atoms with Crippen molar-refractivity contribution in [3.05, 3.63) is 28.8 Å². The first-order chi connectivity index (χ1) is 11.2. The van der Waals surface area contributed by atoms with E-state index < -0.39 is 0 Å². The minimum Gasteiger partial charge on any atom is -0.350 e. The van der Waals surface area contributed by atoms with Gasteiger partial charge in [0.2, 0.25) is 5.91 Å². The second-order valence-electron chi connectivity index (χ2n) is 7.48. The molecule has 0 spiro atoms. The second-order valence-corrected chi connectivity index (χ2v) is 7.89. The minimum absolute atomic E-state index is 0. The smallest absolute Gasteiger partial charge is 0.252 e. The van der Waals surface area contributed by atoms with Gasteiger partial charge in [0.15, 0.2) is 0 Å². The molecule has 7 heteroatoms. The number of amides is 2. The SMILES string of the molecule is CC(C)(C)CC(=O)Nc1ccc(Cl)c(C(=O)NCC2CCCN2)c1.Cl. The lowest BCUT2D eigenvalue weighted by atomic mass is 9.92. The van der Waals surface area contributed by atoms with Crippen molar-refractivity contribution in [2.24, 2.45) is 5.41 Å². The molecule has 1 aromatic rings. The molecule has 1 unspecified atom stereocenters. The average molecular weight is 388 g/mol. The van der Waals surface area contributed by atoms with Gasteiger partial charge in [0, 0.05) is 24.7 Å². The Morgan fingerprint density at radius 1 is 1.32 bits per heavy atom. The molecule has 0 radical (unpaired) electrons. The van der Waals surface area contributed by atoms with Crippen LogP contribution in [0.4, 0.5) is 5.69 Å². The minimum atomic E-state index is -0.222. The summed E-state index contributed by atoms with van der Waals surface area (Å²) in [6.07, 6.45) is 2.61. The van der Waals surface area contributed by atoms with Crippen LogP contribution in [0.15, 0.2) is 18.2 Å². The lowest BCUT2D eigenvalue weighted by Gasteiger charge is -2.17. The Kier molecular flexibility index (Phi) is 8.19. The molecule has 3 N–H and O–H groups in total. The van der Waals surface area contributed by atoms with Crippen LogP contribution >= 0.6 is 24.0 Å². The summed E-state index contributed by atoms with van der Waals surface area (Å²) in [5.74, 6) is -0.299. The van der Waals surface area contributed by atoms with Gasteiger partial charge in [0.05, 0.1) is 10.6 Å². The van der Waals surface area contributed by atoms with E-state index in [1.54, 1.807) is 18.2 Å². The first-order valence-electron chi connectivity index (χ1n) is 8.35. The zero-order valence-electron chi connectivity index (χ0n) is 14.9. The summed E-state index contributed by atoms with van der Waals surface area (Å²) in [5, 5.41) is 9.44. The van der Waals surface area contributed by atoms with Crippen LogP contribution in [0.1, 0.15) is 50.4 Å². The fourth-order valence-corrected chi connectivity index (χ4v) is 2.91. The van der Waals surface area contributed by atoms with Crippen molar-refractivity contribution in [3.8, 4) is 0 Å². The van der Waals surface area contributed by atoms with Gasteiger partial charge in [-0.2, -0.15) is 0 Å². The summed E-state index contributed by atoms with van der Waals surface area (Å²) in [5.41, 5.74) is 0.867. The molecule has 2 amide bonds. The molecular formula is C18H27Cl2N3O2. The van der Waals surface area contributed by atoms with Crippen LogP contribution in [0, 0.1) is 5.41 Å². The monoisotopic (exact) mass is 387 g/mol. The van der Waals surface area contributed by atoms with Crippen molar-refractivity contribution in [3.63, 3.8) is 0 Å². The van der Waals surface area contributed by atoms with Gasteiger partial charge in [-0.25, -0.2) is 0 Å². The number of nitrogens with one attached hydrogen (secondary N) is 3. The predicted octanol–water partition coefficient (Wildman–Crippen LogP) is 3.62. The number of rotatable bonds is 5. The molecule has 1 saturated heterocycles. The van der Waals surface area contributed by atoms with Gasteiger partial charge in [-0.05, 0) is 43.0 Å². The van der Waals surface area contributed by atoms with E-state index in [0.717, 1.165) is 19.4 Å². The van der Waals surface area contributed by atoms with Crippen molar-refractivity contribution < 1.29 is 9.59 Å². The van der Waals surface area contributed by atoms with Gasteiger partial charge in [-0.3, -0.25) is 9.59 Å². The molecule has 1 aliphatic heterocycles. The number of hydrogen-bond acceptors (Lipinski definition) is 3. The molecule has 0 bridgehead atoms. The van der Waals surface area contributed by atoms with Gasteiger partial charge < -0.3 is 16.0 Å². The molecule has 0 aliphatic carbocycles. The van der Waals surface area contributed by atoms with Gasteiger partial charge in [0.25, 0.3) is 5.91 Å². The highest BCUT2D eigenvalue weighted by Gasteiger charge is 2.19. The third-order valence-corrected chi connectivity index (χ3v) is 4.19. The molecule has 1 heterocycles. The first kappa shape index (κ1) is 21.7. The lowest BCUT2D eigenvalue weighted by molar-refractivity contribution is -0.117. The third-order valence-electron chi connectivity index (χ3n) is 3.86. The van der Waals surface area contributed by atoms with Crippen molar-refractivity contribution in [2.45, 2.75) is 46.1 Å². The molecule has 1 fully saturated rings. The lowest BCUT2D eigenvalue weighted by Crippen LogP contribution is -2.37. The van der Waals surface area contributed by atoms with E-state index in [4.69, 9.17) is 11.6 Å². The largest absolute Gasteiger partial charge is 0.350 e. The molecule has 25 heavy (non-hydrogen) atoms. The summed E-state index contributed by atoms with van der Waals surface area (Å²) in [6, 6.07) is 5.29. The maximum atomic E-state index is 12.4. The average Bonchev–Trinajstić information content (AvgIpc) is 2.98. The highest BCUT2D eigenvalue weighted by Crippen LogP contribution is 2.23.